The third kappa shape index (κ3) is 3.47. The molecule has 1 saturated carbocycles. The number of thioether (sulfide) groups is 1. The highest BCUT2D eigenvalue weighted by molar-refractivity contribution is 7.99. The largest absolute Gasteiger partial charge is 0.397 e. The maximum atomic E-state index is 12.3. The molecule has 1 aromatic rings. The Morgan fingerprint density at radius 1 is 1.58 bits per heavy atom. The van der Waals surface area contributed by atoms with E-state index in [0.29, 0.717) is 22.7 Å². The molecule has 1 heterocycles. The van der Waals surface area contributed by atoms with Gasteiger partial charge in [0.1, 0.15) is 5.69 Å². The summed E-state index contributed by atoms with van der Waals surface area (Å²) < 4.78 is 1.95. The van der Waals surface area contributed by atoms with Crippen LogP contribution in [0.3, 0.4) is 0 Å². The van der Waals surface area contributed by atoms with Gasteiger partial charge in [-0.2, -0.15) is 11.8 Å². The number of rotatable bonds is 5. The molecule has 1 fully saturated rings. The van der Waals surface area contributed by atoms with E-state index in [1.165, 1.54) is 6.42 Å². The number of nitrogens with one attached hydrogen (secondary N) is 1. The molecule has 0 bridgehead atoms. The highest BCUT2D eigenvalue weighted by atomic mass is 32.2. The second-order valence-corrected chi connectivity index (χ2v) is 6.33. The highest BCUT2D eigenvalue weighted by Gasteiger charge is 2.26. The first kappa shape index (κ1) is 14.3. The lowest BCUT2D eigenvalue weighted by molar-refractivity contribution is 0.0928. The number of nitrogen functional groups attached to an aromatic ring is 1. The van der Waals surface area contributed by atoms with Crippen LogP contribution in [-0.2, 0) is 6.54 Å². The molecule has 1 aliphatic rings. The van der Waals surface area contributed by atoms with Crippen LogP contribution >= 0.6 is 11.8 Å². The van der Waals surface area contributed by atoms with E-state index >= 15 is 0 Å². The minimum Gasteiger partial charge on any atom is -0.397 e. The lowest BCUT2D eigenvalue weighted by Gasteiger charge is -2.14. The van der Waals surface area contributed by atoms with Crippen LogP contribution in [0.1, 0.15) is 43.1 Å². The predicted octanol–water partition coefficient (Wildman–Crippen LogP) is 2.49. The van der Waals surface area contributed by atoms with Crippen molar-refractivity contribution in [2.45, 2.75) is 50.4 Å². The molecule has 2 atom stereocenters. The summed E-state index contributed by atoms with van der Waals surface area (Å²) in [6, 6.07) is 2.09. The van der Waals surface area contributed by atoms with Crippen LogP contribution in [0, 0.1) is 0 Å². The quantitative estimate of drug-likeness (QED) is 0.871. The molecule has 0 radical (unpaired) electrons. The Bertz CT molecular complexity index is 444. The van der Waals surface area contributed by atoms with Crippen LogP contribution in [0.4, 0.5) is 5.69 Å². The molecule has 0 aromatic carbocycles. The zero-order chi connectivity index (χ0) is 13.8. The third-order valence-corrected chi connectivity index (χ3v) is 4.76. The Hall–Kier alpha value is -1.10. The van der Waals surface area contributed by atoms with Gasteiger partial charge >= 0.3 is 0 Å². The fourth-order valence-electron chi connectivity index (χ4n) is 2.69. The molecule has 0 aliphatic heterocycles. The van der Waals surface area contributed by atoms with Gasteiger partial charge in [0, 0.05) is 24.0 Å². The van der Waals surface area contributed by atoms with Gasteiger partial charge in [-0.3, -0.25) is 4.79 Å². The standard InChI is InChI=1S/C14H23N3OS/c1-3-6-17-9-10(15)7-13(17)14(18)16-11-4-5-12(8-11)19-2/h7,9,11-12H,3-6,8,15H2,1-2H3,(H,16,18). The zero-order valence-corrected chi connectivity index (χ0v) is 12.5. The summed E-state index contributed by atoms with van der Waals surface area (Å²) in [7, 11) is 0. The summed E-state index contributed by atoms with van der Waals surface area (Å²) in [4.78, 5) is 12.3. The maximum Gasteiger partial charge on any atom is 0.268 e. The Kier molecular flexibility index (Phi) is 4.80. The van der Waals surface area contributed by atoms with Gasteiger partial charge in [-0.15, -0.1) is 0 Å². The monoisotopic (exact) mass is 281 g/mol. The summed E-state index contributed by atoms with van der Waals surface area (Å²) >= 11 is 1.90. The molecule has 1 amide bonds. The Morgan fingerprint density at radius 3 is 3.00 bits per heavy atom. The van der Waals surface area contributed by atoms with Crippen molar-refractivity contribution in [1.29, 1.82) is 0 Å². The summed E-state index contributed by atoms with van der Waals surface area (Å²) in [5, 5.41) is 3.84. The average Bonchev–Trinajstić information content (AvgIpc) is 2.96. The first-order valence-corrected chi connectivity index (χ1v) is 8.22. The van der Waals surface area contributed by atoms with Gasteiger partial charge in [0.05, 0.1) is 5.69 Å². The summed E-state index contributed by atoms with van der Waals surface area (Å²) in [5.74, 6) is 0.0110. The van der Waals surface area contributed by atoms with Crippen LogP contribution in [0.15, 0.2) is 12.3 Å². The van der Waals surface area contributed by atoms with Crippen molar-refractivity contribution in [3.8, 4) is 0 Å². The van der Waals surface area contributed by atoms with E-state index < -0.39 is 0 Å². The number of nitrogens with zero attached hydrogens (tertiary/aromatic N) is 1. The summed E-state index contributed by atoms with van der Waals surface area (Å²) in [5.41, 5.74) is 7.14. The molecule has 5 heteroatoms. The van der Waals surface area contributed by atoms with Crippen molar-refractivity contribution >= 4 is 23.4 Å². The summed E-state index contributed by atoms with van der Waals surface area (Å²) in [6.45, 7) is 2.93. The van der Waals surface area contributed by atoms with E-state index in [2.05, 4.69) is 18.5 Å². The molecule has 4 nitrogen and oxygen atoms in total. The van der Waals surface area contributed by atoms with E-state index in [1.807, 2.05) is 22.5 Å². The molecule has 1 aliphatic carbocycles. The van der Waals surface area contributed by atoms with Gasteiger partial charge in [0.15, 0.2) is 0 Å². The topological polar surface area (TPSA) is 60.0 Å². The second-order valence-electron chi connectivity index (χ2n) is 5.19. The normalized spacial score (nSPS) is 22.6. The molecule has 2 rings (SSSR count). The van der Waals surface area contributed by atoms with Gasteiger partial charge in [-0.25, -0.2) is 0 Å². The van der Waals surface area contributed by atoms with E-state index in [4.69, 9.17) is 5.73 Å². The molecule has 2 unspecified atom stereocenters. The molecular weight excluding hydrogens is 258 g/mol. The first-order chi connectivity index (χ1) is 9.13. The van der Waals surface area contributed by atoms with Gasteiger partial charge < -0.3 is 15.6 Å². The zero-order valence-electron chi connectivity index (χ0n) is 11.7. The first-order valence-electron chi connectivity index (χ1n) is 6.93. The van der Waals surface area contributed by atoms with Crippen molar-refractivity contribution < 1.29 is 4.79 Å². The van der Waals surface area contributed by atoms with Gasteiger partial charge in [0.2, 0.25) is 0 Å². The number of nitrogens with two attached hydrogens (primary N) is 1. The van der Waals surface area contributed by atoms with Crippen molar-refractivity contribution in [2.24, 2.45) is 0 Å². The number of amides is 1. The number of carbonyl (C=O) groups excluding carboxylic acids is 1. The number of aryl methyl sites for hydroxylation is 1. The average molecular weight is 281 g/mol. The van der Waals surface area contributed by atoms with E-state index in [9.17, 15) is 4.79 Å². The molecule has 106 valence electrons. The maximum absolute atomic E-state index is 12.3. The second kappa shape index (κ2) is 6.37. The Morgan fingerprint density at radius 2 is 2.37 bits per heavy atom. The van der Waals surface area contributed by atoms with Crippen LogP contribution in [0.5, 0.6) is 0 Å². The van der Waals surface area contributed by atoms with Crippen molar-refractivity contribution in [1.82, 2.24) is 9.88 Å². The molecule has 19 heavy (non-hydrogen) atoms. The SMILES string of the molecule is CCCn1cc(N)cc1C(=O)NC1CCC(SC)C1. The van der Waals surface area contributed by atoms with Gasteiger partial charge in [-0.05, 0) is 38.0 Å². The molecule has 1 aromatic heterocycles. The Labute approximate surface area is 119 Å². The van der Waals surface area contributed by atoms with Crippen LogP contribution in [-0.4, -0.2) is 28.0 Å². The van der Waals surface area contributed by atoms with Gasteiger partial charge in [0.25, 0.3) is 5.91 Å². The number of hydrogen-bond acceptors (Lipinski definition) is 3. The minimum absolute atomic E-state index is 0.0110. The minimum atomic E-state index is 0.0110. The third-order valence-electron chi connectivity index (χ3n) is 3.67. The van der Waals surface area contributed by atoms with Crippen molar-refractivity contribution in [3.05, 3.63) is 18.0 Å². The number of anilines is 1. The molecule has 3 N–H and O–H groups in total. The van der Waals surface area contributed by atoms with E-state index in [-0.39, 0.29) is 5.91 Å². The Balaban J connectivity index is 2.00. The van der Waals surface area contributed by atoms with E-state index in [0.717, 1.165) is 25.8 Å². The van der Waals surface area contributed by atoms with Crippen LogP contribution < -0.4 is 11.1 Å². The lowest BCUT2D eigenvalue weighted by Crippen LogP contribution is -2.34. The molecular formula is C14H23N3OS. The fourth-order valence-corrected chi connectivity index (χ4v) is 3.49. The van der Waals surface area contributed by atoms with Crippen molar-refractivity contribution in [2.75, 3.05) is 12.0 Å². The molecule has 0 saturated heterocycles. The predicted molar refractivity (Wildman–Crippen MR) is 81.5 cm³/mol. The summed E-state index contributed by atoms with van der Waals surface area (Å²) in [6.07, 6.45) is 8.34. The van der Waals surface area contributed by atoms with Crippen LogP contribution in [0.2, 0.25) is 0 Å². The molecule has 0 spiro atoms. The lowest BCUT2D eigenvalue weighted by atomic mass is 10.2. The van der Waals surface area contributed by atoms with E-state index in [1.54, 1.807) is 6.07 Å². The number of aromatic nitrogens is 1. The number of carbonyl (C=O) groups is 1. The fraction of sp³-hybridized carbons (Fsp3) is 0.643. The smallest absolute Gasteiger partial charge is 0.268 e. The van der Waals surface area contributed by atoms with Gasteiger partial charge in [-0.1, -0.05) is 6.92 Å². The number of hydrogen-bond donors (Lipinski definition) is 2. The highest BCUT2D eigenvalue weighted by Crippen LogP contribution is 2.28. The van der Waals surface area contributed by atoms with Crippen molar-refractivity contribution in [3.63, 3.8) is 0 Å². The van der Waals surface area contributed by atoms with Crippen LogP contribution in [0.25, 0.3) is 0 Å².